The van der Waals surface area contributed by atoms with E-state index in [0.717, 1.165) is 28.9 Å². The van der Waals surface area contributed by atoms with Gasteiger partial charge in [-0.15, -0.1) is 0 Å². The summed E-state index contributed by atoms with van der Waals surface area (Å²) in [5.41, 5.74) is 5.40. The monoisotopic (exact) mass is 378 g/mol. The smallest absolute Gasteiger partial charge is 0.220 e. The molecule has 2 N–H and O–H groups in total. The highest BCUT2D eigenvalue weighted by atomic mass is 16.5. The number of nitrogens with zero attached hydrogens (tertiary/aromatic N) is 2. The Labute approximate surface area is 164 Å². The van der Waals surface area contributed by atoms with E-state index >= 15 is 0 Å². The Kier molecular flexibility index (Phi) is 5.39. The molecule has 28 heavy (non-hydrogen) atoms. The third kappa shape index (κ3) is 3.92. The van der Waals surface area contributed by atoms with E-state index in [4.69, 9.17) is 4.74 Å². The molecule has 1 fully saturated rings. The molecular formula is C22H26N4O2. The van der Waals surface area contributed by atoms with Crippen LogP contribution in [0.3, 0.4) is 0 Å². The maximum absolute atomic E-state index is 12.5. The lowest BCUT2D eigenvalue weighted by Gasteiger charge is -2.20. The first-order valence-electron chi connectivity index (χ1n) is 9.82. The summed E-state index contributed by atoms with van der Waals surface area (Å²) in [5, 5.41) is 11.5. The van der Waals surface area contributed by atoms with Gasteiger partial charge >= 0.3 is 0 Å². The fourth-order valence-electron chi connectivity index (χ4n) is 4.03. The molecule has 3 aromatic rings. The van der Waals surface area contributed by atoms with Gasteiger partial charge < -0.3 is 10.1 Å². The van der Waals surface area contributed by atoms with Gasteiger partial charge in [0.1, 0.15) is 0 Å². The minimum atomic E-state index is 0.0472. The van der Waals surface area contributed by atoms with Gasteiger partial charge in [-0.1, -0.05) is 18.2 Å². The van der Waals surface area contributed by atoms with Crippen LogP contribution in [0.4, 0.5) is 0 Å². The quantitative estimate of drug-likeness (QED) is 0.691. The number of benzene rings is 1. The zero-order chi connectivity index (χ0) is 19.5. The summed E-state index contributed by atoms with van der Waals surface area (Å²) in [6.07, 6.45) is 3.89. The molecular weight excluding hydrogens is 352 g/mol. The van der Waals surface area contributed by atoms with Crippen molar-refractivity contribution in [2.45, 2.75) is 39.2 Å². The van der Waals surface area contributed by atoms with Crippen molar-refractivity contribution in [3.05, 3.63) is 59.0 Å². The normalized spacial score (nSPS) is 19.2. The molecule has 0 unspecified atom stereocenters. The molecule has 0 radical (unpaired) electrons. The van der Waals surface area contributed by atoms with E-state index in [0.29, 0.717) is 26.1 Å². The van der Waals surface area contributed by atoms with Gasteiger partial charge in [0.2, 0.25) is 5.91 Å². The van der Waals surface area contributed by atoms with Crippen molar-refractivity contribution in [2.75, 3.05) is 13.2 Å². The SMILES string of the molecule is Cc1n[nH]c(C)c1CCC(=O)N[C@@H]1COC[C@H]1Cc1ccnc2ccccc12. The first kappa shape index (κ1) is 18.6. The van der Waals surface area contributed by atoms with E-state index in [1.165, 1.54) is 10.9 Å². The molecule has 6 heteroatoms. The van der Waals surface area contributed by atoms with Gasteiger partial charge in [0, 0.05) is 29.6 Å². The Hall–Kier alpha value is -2.73. The average molecular weight is 378 g/mol. The van der Waals surface area contributed by atoms with Gasteiger partial charge in [0.05, 0.1) is 30.5 Å². The molecule has 2 atom stereocenters. The van der Waals surface area contributed by atoms with E-state index in [-0.39, 0.29) is 17.9 Å². The van der Waals surface area contributed by atoms with Crippen LogP contribution < -0.4 is 5.32 Å². The number of aryl methyl sites for hydroxylation is 2. The van der Waals surface area contributed by atoms with Crippen LogP contribution in [-0.2, 0) is 22.4 Å². The van der Waals surface area contributed by atoms with Crippen LogP contribution in [0.2, 0.25) is 0 Å². The first-order chi connectivity index (χ1) is 13.6. The third-order valence-electron chi connectivity index (χ3n) is 5.65. The average Bonchev–Trinajstić information content (AvgIpc) is 3.26. The van der Waals surface area contributed by atoms with Crippen LogP contribution in [0.25, 0.3) is 10.9 Å². The van der Waals surface area contributed by atoms with Crippen molar-refractivity contribution in [1.82, 2.24) is 20.5 Å². The summed E-state index contributed by atoms with van der Waals surface area (Å²) in [7, 11) is 0. The summed E-state index contributed by atoms with van der Waals surface area (Å²) in [5.74, 6) is 0.340. The largest absolute Gasteiger partial charge is 0.379 e. The molecule has 1 aromatic carbocycles. The molecule has 0 bridgehead atoms. The highest BCUT2D eigenvalue weighted by Gasteiger charge is 2.30. The zero-order valence-electron chi connectivity index (χ0n) is 16.4. The number of aromatic nitrogens is 3. The summed E-state index contributed by atoms with van der Waals surface area (Å²) >= 11 is 0. The van der Waals surface area contributed by atoms with Crippen molar-refractivity contribution in [2.24, 2.45) is 5.92 Å². The van der Waals surface area contributed by atoms with E-state index < -0.39 is 0 Å². The fourth-order valence-corrected chi connectivity index (χ4v) is 4.03. The third-order valence-corrected chi connectivity index (χ3v) is 5.65. The predicted molar refractivity (Wildman–Crippen MR) is 108 cm³/mol. The molecule has 3 heterocycles. The van der Waals surface area contributed by atoms with Crippen LogP contribution in [0.15, 0.2) is 36.5 Å². The van der Waals surface area contributed by atoms with E-state index in [9.17, 15) is 4.79 Å². The molecule has 1 aliphatic rings. The highest BCUT2D eigenvalue weighted by Crippen LogP contribution is 2.24. The van der Waals surface area contributed by atoms with Gasteiger partial charge in [-0.2, -0.15) is 5.10 Å². The molecule has 1 saturated heterocycles. The number of pyridine rings is 1. The fraction of sp³-hybridized carbons (Fsp3) is 0.409. The van der Waals surface area contributed by atoms with Crippen LogP contribution in [0.5, 0.6) is 0 Å². The van der Waals surface area contributed by atoms with Crippen LogP contribution >= 0.6 is 0 Å². The van der Waals surface area contributed by atoms with Gasteiger partial charge in [-0.3, -0.25) is 14.9 Å². The number of H-pyrrole nitrogens is 1. The van der Waals surface area contributed by atoms with Gasteiger partial charge in [-0.05, 0) is 49.9 Å². The number of carbonyl (C=O) groups excluding carboxylic acids is 1. The van der Waals surface area contributed by atoms with Crippen LogP contribution in [0, 0.1) is 19.8 Å². The predicted octanol–water partition coefficient (Wildman–Crippen LogP) is 2.88. The Morgan fingerprint density at radius 3 is 2.93 bits per heavy atom. The number of hydrogen-bond acceptors (Lipinski definition) is 4. The lowest BCUT2D eigenvalue weighted by atomic mass is 9.93. The summed E-state index contributed by atoms with van der Waals surface area (Å²) in [6, 6.07) is 10.3. The van der Waals surface area contributed by atoms with Gasteiger partial charge in [-0.25, -0.2) is 0 Å². The second-order valence-electron chi connectivity index (χ2n) is 7.58. The zero-order valence-corrected chi connectivity index (χ0v) is 16.4. The molecule has 0 aliphatic carbocycles. The maximum atomic E-state index is 12.5. The molecule has 0 saturated carbocycles. The summed E-state index contributed by atoms with van der Waals surface area (Å²) in [6.45, 7) is 5.20. The number of fused-ring (bicyclic) bond motifs is 1. The van der Waals surface area contributed by atoms with Crippen molar-refractivity contribution in [3.63, 3.8) is 0 Å². The number of nitrogens with one attached hydrogen (secondary N) is 2. The van der Waals surface area contributed by atoms with Crippen molar-refractivity contribution in [1.29, 1.82) is 0 Å². The van der Waals surface area contributed by atoms with Crippen molar-refractivity contribution < 1.29 is 9.53 Å². The Bertz CT molecular complexity index is 957. The van der Waals surface area contributed by atoms with Gasteiger partial charge in [0.15, 0.2) is 0 Å². The minimum absolute atomic E-state index is 0.0472. The molecule has 4 rings (SSSR count). The molecule has 146 valence electrons. The standard InChI is InChI=1S/C22H26N4O2/c1-14-18(15(2)26-25-14)7-8-22(27)24-21-13-28-12-17(21)11-16-9-10-23-20-6-4-3-5-19(16)20/h3-6,9-10,17,21H,7-8,11-13H2,1-2H3,(H,24,27)(H,25,26)/t17-,21-/m1/s1. The topological polar surface area (TPSA) is 79.9 Å². The number of ether oxygens (including phenoxy) is 1. The number of hydrogen-bond donors (Lipinski definition) is 2. The van der Waals surface area contributed by atoms with Crippen molar-refractivity contribution in [3.8, 4) is 0 Å². The Balaban J connectivity index is 1.39. The van der Waals surface area contributed by atoms with Crippen molar-refractivity contribution >= 4 is 16.8 Å². The van der Waals surface area contributed by atoms with Gasteiger partial charge in [0.25, 0.3) is 0 Å². The number of para-hydroxylation sites is 1. The molecule has 1 aliphatic heterocycles. The highest BCUT2D eigenvalue weighted by molar-refractivity contribution is 5.82. The van der Waals surface area contributed by atoms with E-state index in [1.807, 2.05) is 38.2 Å². The number of carbonyl (C=O) groups is 1. The summed E-state index contributed by atoms with van der Waals surface area (Å²) in [4.78, 5) is 17.0. The Morgan fingerprint density at radius 2 is 2.11 bits per heavy atom. The lowest BCUT2D eigenvalue weighted by Crippen LogP contribution is -2.40. The molecule has 1 amide bonds. The number of rotatable bonds is 6. The summed E-state index contributed by atoms with van der Waals surface area (Å²) < 4.78 is 5.70. The lowest BCUT2D eigenvalue weighted by molar-refractivity contribution is -0.122. The second kappa shape index (κ2) is 8.10. The molecule has 0 spiro atoms. The number of amides is 1. The number of aromatic amines is 1. The second-order valence-corrected chi connectivity index (χ2v) is 7.58. The molecule has 2 aromatic heterocycles. The van der Waals surface area contributed by atoms with Crippen LogP contribution in [-0.4, -0.2) is 40.3 Å². The Morgan fingerprint density at radius 1 is 1.25 bits per heavy atom. The molecule has 6 nitrogen and oxygen atoms in total. The van der Waals surface area contributed by atoms with Crippen LogP contribution in [0.1, 0.15) is 28.9 Å². The maximum Gasteiger partial charge on any atom is 0.220 e. The minimum Gasteiger partial charge on any atom is -0.379 e. The first-order valence-corrected chi connectivity index (χ1v) is 9.82. The van der Waals surface area contributed by atoms with E-state index in [2.05, 4.69) is 32.6 Å². The van der Waals surface area contributed by atoms with E-state index in [1.54, 1.807) is 0 Å².